The Hall–Kier alpha value is -2.17. The number of amides is 1. The van der Waals surface area contributed by atoms with Gasteiger partial charge in [-0.05, 0) is 29.2 Å². The monoisotopic (exact) mass is 322 g/mol. The highest BCUT2D eigenvalue weighted by atomic mass is 16.5. The minimum atomic E-state index is -0.267. The molecule has 2 atom stereocenters. The first-order chi connectivity index (χ1) is 11.7. The largest absolute Gasteiger partial charge is 0.375 e. The molecule has 0 bridgehead atoms. The van der Waals surface area contributed by atoms with Crippen molar-refractivity contribution < 1.29 is 9.53 Å². The number of ether oxygens (including phenoxy) is 1. The van der Waals surface area contributed by atoms with Crippen LogP contribution in [0.1, 0.15) is 18.1 Å². The lowest BCUT2D eigenvalue weighted by molar-refractivity contribution is -0.140. The van der Waals surface area contributed by atoms with Gasteiger partial charge in [0, 0.05) is 19.6 Å². The van der Waals surface area contributed by atoms with Crippen LogP contribution in [0.25, 0.3) is 11.1 Å². The van der Waals surface area contributed by atoms with Gasteiger partial charge in [0.15, 0.2) is 0 Å². The molecule has 2 aliphatic rings. The van der Waals surface area contributed by atoms with E-state index in [1.165, 1.54) is 22.3 Å². The lowest BCUT2D eigenvalue weighted by atomic mass is 9.97. The van der Waals surface area contributed by atoms with E-state index in [-0.39, 0.29) is 18.1 Å². The number of benzene rings is 2. The van der Waals surface area contributed by atoms with Crippen LogP contribution in [0.15, 0.2) is 48.5 Å². The van der Waals surface area contributed by atoms with Gasteiger partial charge in [0.05, 0.1) is 12.7 Å². The summed E-state index contributed by atoms with van der Waals surface area (Å²) in [6.45, 7) is 4.62. The maximum atomic E-state index is 13.1. The Kier molecular flexibility index (Phi) is 4.08. The minimum absolute atomic E-state index is 0.0972. The first-order valence-electron chi connectivity index (χ1n) is 8.54. The lowest BCUT2D eigenvalue weighted by Gasteiger charge is -2.33. The van der Waals surface area contributed by atoms with Crippen molar-refractivity contribution in [3.8, 4) is 11.1 Å². The van der Waals surface area contributed by atoms with Crippen molar-refractivity contribution in [3.05, 3.63) is 59.7 Å². The molecule has 0 unspecified atom stereocenters. The zero-order chi connectivity index (χ0) is 16.5. The SMILES string of the molecule is C[C@H]1OCCN[C@@H]1C(=O)N1Cc2ccccc2-c2ccccc2C1. The van der Waals surface area contributed by atoms with Crippen molar-refractivity contribution in [2.24, 2.45) is 0 Å². The molecule has 4 heteroatoms. The molecule has 1 fully saturated rings. The first kappa shape index (κ1) is 15.4. The molecule has 4 rings (SSSR count). The molecule has 24 heavy (non-hydrogen) atoms. The molecule has 2 aromatic rings. The summed E-state index contributed by atoms with van der Waals surface area (Å²) >= 11 is 0. The predicted molar refractivity (Wildman–Crippen MR) is 93.3 cm³/mol. The Labute approximate surface area is 142 Å². The van der Waals surface area contributed by atoms with E-state index in [9.17, 15) is 4.79 Å². The van der Waals surface area contributed by atoms with Crippen molar-refractivity contribution in [3.63, 3.8) is 0 Å². The van der Waals surface area contributed by atoms with E-state index in [0.717, 1.165) is 6.54 Å². The average molecular weight is 322 g/mol. The summed E-state index contributed by atoms with van der Waals surface area (Å²) in [6.07, 6.45) is -0.0972. The van der Waals surface area contributed by atoms with E-state index in [1.807, 2.05) is 24.0 Å². The highest BCUT2D eigenvalue weighted by molar-refractivity contribution is 5.84. The van der Waals surface area contributed by atoms with Gasteiger partial charge in [-0.3, -0.25) is 4.79 Å². The van der Waals surface area contributed by atoms with Gasteiger partial charge in [-0.15, -0.1) is 0 Å². The molecule has 4 nitrogen and oxygen atoms in total. The molecule has 0 radical (unpaired) electrons. The minimum Gasteiger partial charge on any atom is -0.375 e. The quantitative estimate of drug-likeness (QED) is 0.877. The molecule has 2 aliphatic heterocycles. The van der Waals surface area contributed by atoms with Crippen LogP contribution in [0.2, 0.25) is 0 Å². The maximum absolute atomic E-state index is 13.1. The molecule has 2 aromatic carbocycles. The van der Waals surface area contributed by atoms with E-state index >= 15 is 0 Å². The number of nitrogens with zero attached hydrogens (tertiary/aromatic N) is 1. The number of morpholine rings is 1. The predicted octanol–water partition coefficient (Wildman–Crippen LogP) is 2.57. The zero-order valence-corrected chi connectivity index (χ0v) is 13.9. The number of carbonyl (C=O) groups excluding carboxylic acids is 1. The Bertz CT molecular complexity index is 711. The van der Waals surface area contributed by atoms with Crippen molar-refractivity contribution in [1.29, 1.82) is 0 Å². The molecule has 0 saturated carbocycles. The summed E-state index contributed by atoms with van der Waals surface area (Å²) in [7, 11) is 0. The molecular formula is C20H22N2O2. The topological polar surface area (TPSA) is 41.6 Å². The molecular weight excluding hydrogens is 300 g/mol. The van der Waals surface area contributed by atoms with Crippen molar-refractivity contribution in [2.75, 3.05) is 13.2 Å². The maximum Gasteiger partial charge on any atom is 0.242 e. The van der Waals surface area contributed by atoms with Crippen LogP contribution in [0.5, 0.6) is 0 Å². The molecule has 1 amide bonds. The second-order valence-corrected chi connectivity index (χ2v) is 6.52. The molecule has 0 aromatic heterocycles. The fraction of sp³-hybridized carbons (Fsp3) is 0.350. The summed E-state index contributed by atoms with van der Waals surface area (Å²) in [6, 6.07) is 16.5. The summed E-state index contributed by atoms with van der Waals surface area (Å²) in [5, 5.41) is 3.32. The molecule has 0 aliphatic carbocycles. The second-order valence-electron chi connectivity index (χ2n) is 6.52. The van der Waals surface area contributed by atoms with Gasteiger partial charge in [0.25, 0.3) is 0 Å². The highest BCUT2D eigenvalue weighted by Gasteiger charge is 2.33. The normalized spacial score (nSPS) is 23.1. The Morgan fingerprint density at radius 3 is 2.21 bits per heavy atom. The van der Waals surface area contributed by atoms with Gasteiger partial charge in [-0.1, -0.05) is 48.5 Å². The third-order valence-corrected chi connectivity index (χ3v) is 4.94. The van der Waals surface area contributed by atoms with E-state index < -0.39 is 0 Å². The van der Waals surface area contributed by atoms with Crippen LogP contribution in [-0.2, 0) is 22.6 Å². The average Bonchev–Trinajstić information content (AvgIpc) is 2.78. The smallest absolute Gasteiger partial charge is 0.242 e. The van der Waals surface area contributed by atoms with E-state index in [2.05, 4.69) is 41.7 Å². The number of nitrogens with one attached hydrogen (secondary N) is 1. The van der Waals surface area contributed by atoms with Gasteiger partial charge >= 0.3 is 0 Å². The molecule has 2 heterocycles. The van der Waals surface area contributed by atoms with E-state index in [4.69, 9.17) is 4.74 Å². The fourth-order valence-corrected chi connectivity index (χ4v) is 3.67. The number of carbonyl (C=O) groups is 1. The molecule has 1 saturated heterocycles. The van der Waals surface area contributed by atoms with E-state index in [1.54, 1.807) is 0 Å². The van der Waals surface area contributed by atoms with Gasteiger partial charge in [-0.2, -0.15) is 0 Å². The standard InChI is InChI=1S/C20H22N2O2/c1-14-19(21-10-11-24-14)20(23)22-12-15-6-2-4-8-17(15)18-9-5-3-7-16(18)13-22/h2-9,14,19,21H,10-13H2,1H3/t14-,19+/m1/s1. The number of fused-ring (bicyclic) bond motifs is 3. The number of hydrogen-bond acceptors (Lipinski definition) is 3. The highest BCUT2D eigenvalue weighted by Crippen LogP contribution is 2.32. The van der Waals surface area contributed by atoms with Crippen LogP contribution < -0.4 is 5.32 Å². The van der Waals surface area contributed by atoms with Crippen molar-refractivity contribution in [2.45, 2.75) is 32.2 Å². The fourth-order valence-electron chi connectivity index (χ4n) is 3.67. The summed E-state index contributed by atoms with van der Waals surface area (Å²) in [4.78, 5) is 15.1. The zero-order valence-electron chi connectivity index (χ0n) is 13.9. The van der Waals surface area contributed by atoms with Gasteiger partial charge in [0.2, 0.25) is 5.91 Å². The van der Waals surface area contributed by atoms with Crippen LogP contribution in [0.4, 0.5) is 0 Å². The number of rotatable bonds is 1. The van der Waals surface area contributed by atoms with Gasteiger partial charge in [-0.25, -0.2) is 0 Å². The Balaban J connectivity index is 1.71. The van der Waals surface area contributed by atoms with Crippen LogP contribution in [0, 0.1) is 0 Å². The van der Waals surface area contributed by atoms with Gasteiger partial charge < -0.3 is 15.0 Å². The van der Waals surface area contributed by atoms with Crippen LogP contribution in [-0.4, -0.2) is 36.1 Å². The summed E-state index contributed by atoms with van der Waals surface area (Å²) in [5.41, 5.74) is 4.84. The Morgan fingerprint density at radius 2 is 1.62 bits per heavy atom. The molecule has 124 valence electrons. The molecule has 1 N–H and O–H groups in total. The van der Waals surface area contributed by atoms with Crippen molar-refractivity contribution >= 4 is 5.91 Å². The Morgan fingerprint density at radius 1 is 1.04 bits per heavy atom. The lowest BCUT2D eigenvalue weighted by Crippen LogP contribution is -2.56. The number of hydrogen-bond donors (Lipinski definition) is 1. The summed E-state index contributed by atoms with van der Waals surface area (Å²) < 4.78 is 5.66. The molecule has 0 spiro atoms. The summed E-state index contributed by atoms with van der Waals surface area (Å²) in [5.74, 6) is 0.119. The second kappa shape index (κ2) is 6.38. The third kappa shape index (κ3) is 2.72. The van der Waals surface area contributed by atoms with E-state index in [0.29, 0.717) is 19.7 Å². The van der Waals surface area contributed by atoms with Gasteiger partial charge in [0.1, 0.15) is 6.04 Å². The van der Waals surface area contributed by atoms with Crippen molar-refractivity contribution in [1.82, 2.24) is 10.2 Å². The first-order valence-corrected chi connectivity index (χ1v) is 8.54. The third-order valence-electron chi connectivity index (χ3n) is 4.94. The van der Waals surface area contributed by atoms with Crippen LogP contribution in [0.3, 0.4) is 0 Å². The van der Waals surface area contributed by atoms with Crippen LogP contribution >= 0.6 is 0 Å².